The number of anilines is 1. The minimum Gasteiger partial charge on any atom is -0.495 e. The van der Waals surface area contributed by atoms with E-state index in [-0.39, 0.29) is 11.9 Å². The Labute approximate surface area is 130 Å². The van der Waals surface area contributed by atoms with Crippen LogP contribution < -0.4 is 15.8 Å². The molecule has 21 heavy (non-hydrogen) atoms. The Bertz CT molecular complexity index is 500. The third-order valence-electron chi connectivity index (χ3n) is 3.57. The lowest BCUT2D eigenvalue weighted by atomic mass is 9.97. The van der Waals surface area contributed by atoms with Crippen molar-refractivity contribution in [2.24, 2.45) is 11.7 Å². The molecule has 1 fully saturated rings. The minimum absolute atomic E-state index is 0.0862. The lowest BCUT2D eigenvalue weighted by Gasteiger charge is -2.34. The molecule has 2 rings (SSSR count). The third-order valence-corrected chi connectivity index (χ3v) is 3.81. The Balaban J connectivity index is 1.97. The molecule has 0 spiro atoms. The van der Waals surface area contributed by atoms with E-state index in [1.165, 1.54) is 0 Å². The van der Waals surface area contributed by atoms with E-state index in [4.69, 9.17) is 22.1 Å². The van der Waals surface area contributed by atoms with Crippen LogP contribution in [0.2, 0.25) is 5.02 Å². The van der Waals surface area contributed by atoms with Gasteiger partial charge in [-0.25, -0.2) is 0 Å². The Morgan fingerprint density at radius 1 is 1.52 bits per heavy atom. The number of nitrogens with two attached hydrogens (primary N) is 1. The van der Waals surface area contributed by atoms with Gasteiger partial charge >= 0.3 is 0 Å². The van der Waals surface area contributed by atoms with E-state index >= 15 is 0 Å². The van der Waals surface area contributed by atoms with Gasteiger partial charge in [0.1, 0.15) is 5.75 Å². The Morgan fingerprint density at radius 2 is 2.29 bits per heavy atom. The number of carbonyl (C=O) groups excluding carboxylic acids is 1. The maximum Gasteiger partial charge on any atom is 0.238 e. The highest BCUT2D eigenvalue weighted by molar-refractivity contribution is 6.31. The first-order valence-corrected chi connectivity index (χ1v) is 7.47. The maximum absolute atomic E-state index is 12.2. The number of nitrogens with zero attached hydrogens (tertiary/aromatic N) is 1. The summed E-state index contributed by atoms with van der Waals surface area (Å²) in [5, 5.41) is 3.40. The molecule has 116 valence electrons. The van der Waals surface area contributed by atoms with Gasteiger partial charge < -0.3 is 15.8 Å². The summed E-state index contributed by atoms with van der Waals surface area (Å²) >= 11 is 5.95. The summed E-state index contributed by atoms with van der Waals surface area (Å²) in [4.78, 5) is 14.3. The predicted molar refractivity (Wildman–Crippen MR) is 84.8 cm³/mol. The van der Waals surface area contributed by atoms with Crippen LogP contribution in [0.25, 0.3) is 0 Å². The number of piperidine rings is 1. The van der Waals surface area contributed by atoms with Gasteiger partial charge in [-0.2, -0.15) is 0 Å². The largest absolute Gasteiger partial charge is 0.495 e. The van der Waals surface area contributed by atoms with Crippen molar-refractivity contribution in [1.29, 1.82) is 0 Å². The van der Waals surface area contributed by atoms with Gasteiger partial charge in [0.25, 0.3) is 0 Å². The molecule has 1 aliphatic heterocycles. The summed E-state index contributed by atoms with van der Waals surface area (Å²) in [5.74, 6) is 1.02. The number of nitrogens with one attached hydrogen (secondary N) is 1. The summed E-state index contributed by atoms with van der Waals surface area (Å²) in [6, 6.07) is 5.28. The Kier molecular flexibility index (Phi) is 5.45. The highest BCUT2D eigenvalue weighted by atomic mass is 35.5. The quantitative estimate of drug-likeness (QED) is 0.892. The molecule has 0 saturated carbocycles. The standard InChI is InChI=1S/C15H22ClN3O2/c1-10-5-12(17)8-19(7-10)9-15(20)18-13-6-11(16)3-4-14(13)21-2/h3-4,6,10,12H,5,7-9,17H2,1-2H3,(H,18,20). The number of hydrogen-bond donors (Lipinski definition) is 2. The van der Waals surface area contributed by atoms with E-state index in [9.17, 15) is 4.79 Å². The van der Waals surface area contributed by atoms with Gasteiger partial charge in [0.15, 0.2) is 0 Å². The van der Waals surface area contributed by atoms with Crippen LogP contribution in [-0.2, 0) is 4.79 Å². The number of hydrogen-bond acceptors (Lipinski definition) is 4. The van der Waals surface area contributed by atoms with Crippen LogP contribution in [0.5, 0.6) is 5.75 Å². The molecule has 1 aromatic carbocycles. The summed E-state index contributed by atoms with van der Waals surface area (Å²) in [6.45, 7) is 4.13. The summed E-state index contributed by atoms with van der Waals surface area (Å²) in [5.41, 5.74) is 6.59. The molecule has 1 aromatic rings. The summed E-state index contributed by atoms with van der Waals surface area (Å²) in [6.07, 6.45) is 1.01. The van der Waals surface area contributed by atoms with Gasteiger partial charge in [0.05, 0.1) is 19.3 Å². The van der Waals surface area contributed by atoms with E-state index in [1.807, 2.05) is 0 Å². The number of ether oxygens (including phenoxy) is 1. The smallest absolute Gasteiger partial charge is 0.238 e. The number of amides is 1. The Hall–Kier alpha value is -1.30. The number of halogens is 1. The van der Waals surface area contributed by atoms with E-state index in [0.29, 0.717) is 28.9 Å². The zero-order valence-corrected chi connectivity index (χ0v) is 13.2. The van der Waals surface area contributed by atoms with Gasteiger partial charge in [-0.05, 0) is 30.5 Å². The molecule has 0 bridgehead atoms. The fraction of sp³-hybridized carbons (Fsp3) is 0.533. The molecule has 3 N–H and O–H groups in total. The summed E-state index contributed by atoms with van der Waals surface area (Å²) < 4.78 is 5.22. The van der Waals surface area contributed by atoms with Crippen molar-refractivity contribution in [3.05, 3.63) is 23.2 Å². The second-order valence-electron chi connectivity index (χ2n) is 5.69. The van der Waals surface area contributed by atoms with Crippen molar-refractivity contribution in [2.45, 2.75) is 19.4 Å². The van der Waals surface area contributed by atoms with Gasteiger partial charge in [0, 0.05) is 24.2 Å². The second kappa shape index (κ2) is 7.11. The lowest BCUT2D eigenvalue weighted by molar-refractivity contribution is -0.117. The Morgan fingerprint density at radius 3 is 2.95 bits per heavy atom. The molecule has 1 amide bonds. The number of rotatable bonds is 4. The zero-order chi connectivity index (χ0) is 15.4. The monoisotopic (exact) mass is 311 g/mol. The van der Waals surface area contributed by atoms with Crippen molar-refractivity contribution >= 4 is 23.2 Å². The predicted octanol–water partition coefficient (Wildman–Crippen LogP) is 1.96. The zero-order valence-electron chi connectivity index (χ0n) is 12.4. The molecule has 0 aliphatic carbocycles. The third kappa shape index (κ3) is 4.59. The molecular weight excluding hydrogens is 290 g/mol. The van der Waals surface area contributed by atoms with Gasteiger partial charge in [-0.3, -0.25) is 9.69 Å². The van der Waals surface area contributed by atoms with E-state index in [2.05, 4.69) is 17.1 Å². The average molecular weight is 312 g/mol. The molecule has 1 saturated heterocycles. The van der Waals surface area contributed by atoms with E-state index < -0.39 is 0 Å². The molecule has 0 aromatic heterocycles. The molecule has 2 atom stereocenters. The topological polar surface area (TPSA) is 67.6 Å². The van der Waals surface area contributed by atoms with Crippen LogP contribution in [0.3, 0.4) is 0 Å². The van der Waals surface area contributed by atoms with Crippen molar-refractivity contribution in [2.75, 3.05) is 32.1 Å². The van der Waals surface area contributed by atoms with Crippen molar-refractivity contribution < 1.29 is 9.53 Å². The van der Waals surface area contributed by atoms with Crippen LogP contribution >= 0.6 is 11.6 Å². The normalized spacial score (nSPS) is 22.9. The fourth-order valence-electron chi connectivity index (χ4n) is 2.81. The number of methoxy groups -OCH3 is 1. The number of carbonyl (C=O) groups is 1. The molecule has 0 radical (unpaired) electrons. The molecule has 1 aliphatic rings. The highest BCUT2D eigenvalue weighted by Crippen LogP contribution is 2.27. The first kappa shape index (κ1) is 16.1. The van der Waals surface area contributed by atoms with Crippen LogP contribution in [0.1, 0.15) is 13.3 Å². The summed E-state index contributed by atoms with van der Waals surface area (Å²) in [7, 11) is 1.56. The van der Waals surface area contributed by atoms with Gasteiger partial charge in [-0.15, -0.1) is 0 Å². The first-order valence-electron chi connectivity index (χ1n) is 7.09. The van der Waals surface area contributed by atoms with Crippen LogP contribution in [0, 0.1) is 5.92 Å². The SMILES string of the molecule is COc1ccc(Cl)cc1NC(=O)CN1CC(C)CC(N)C1. The van der Waals surface area contributed by atoms with Crippen molar-refractivity contribution in [3.63, 3.8) is 0 Å². The van der Waals surface area contributed by atoms with E-state index in [0.717, 1.165) is 19.5 Å². The minimum atomic E-state index is -0.0862. The first-order chi connectivity index (χ1) is 9.97. The van der Waals surface area contributed by atoms with Gasteiger partial charge in [-0.1, -0.05) is 18.5 Å². The van der Waals surface area contributed by atoms with E-state index in [1.54, 1.807) is 25.3 Å². The molecule has 5 nitrogen and oxygen atoms in total. The number of benzene rings is 1. The molecule has 1 heterocycles. The average Bonchev–Trinajstić information content (AvgIpc) is 2.37. The lowest BCUT2D eigenvalue weighted by Crippen LogP contribution is -2.48. The fourth-order valence-corrected chi connectivity index (χ4v) is 2.98. The highest BCUT2D eigenvalue weighted by Gasteiger charge is 2.23. The van der Waals surface area contributed by atoms with Gasteiger partial charge in [0.2, 0.25) is 5.91 Å². The van der Waals surface area contributed by atoms with Crippen LogP contribution in [0.4, 0.5) is 5.69 Å². The molecular formula is C15H22ClN3O2. The number of likely N-dealkylation sites (tertiary alicyclic amines) is 1. The molecule has 2 unspecified atom stereocenters. The van der Waals surface area contributed by atoms with Crippen LogP contribution in [-0.4, -0.2) is 43.6 Å². The van der Waals surface area contributed by atoms with Crippen molar-refractivity contribution in [1.82, 2.24) is 4.90 Å². The van der Waals surface area contributed by atoms with Crippen molar-refractivity contribution in [3.8, 4) is 5.75 Å². The maximum atomic E-state index is 12.2. The van der Waals surface area contributed by atoms with Crippen LogP contribution in [0.15, 0.2) is 18.2 Å². The second-order valence-corrected chi connectivity index (χ2v) is 6.12. The molecule has 6 heteroatoms.